The summed E-state index contributed by atoms with van der Waals surface area (Å²) in [6.45, 7) is 2.17. The van der Waals surface area contributed by atoms with E-state index in [9.17, 15) is 14.4 Å². The average Bonchev–Trinajstić information content (AvgIpc) is 2.92. The minimum Gasteiger partial charge on any atom is -0.465 e. The molecule has 0 aliphatic carbocycles. The molecule has 0 aromatic heterocycles. The summed E-state index contributed by atoms with van der Waals surface area (Å²) in [5, 5.41) is 3.79. The number of piperazine rings is 1. The number of nitrogens with zero attached hydrogens (tertiary/aromatic N) is 2. The van der Waals surface area contributed by atoms with Gasteiger partial charge >= 0.3 is 5.97 Å². The Morgan fingerprint density at radius 2 is 1.62 bits per heavy atom. The molecule has 2 amide bonds. The molecule has 1 heterocycles. The number of amides is 2. The van der Waals surface area contributed by atoms with Crippen molar-refractivity contribution >= 4 is 58.4 Å². The SMILES string of the molecule is COC(=O)c1ccc(N2CCN(C(=O)c3ccccc3)CC2)c(NC(=O)/C=C/c2ccc(Cl)cc2Cl)c1. The van der Waals surface area contributed by atoms with Crippen molar-refractivity contribution in [1.29, 1.82) is 0 Å². The summed E-state index contributed by atoms with van der Waals surface area (Å²) in [6.07, 6.45) is 2.95. The molecule has 0 unspecified atom stereocenters. The largest absolute Gasteiger partial charge is 0.465 e. The maximum Gasteiger partial charge on any atom is 0.337 e. The number of rotatable bonds is 6. The minimum absolute atomic E-state index is 0.0131. The van der Waals surface area contributed by atoms with E-state index in [0.717, 1.165) is 5.69 Å². The third-order valence-electron chi connectivity index (χ3n) is 5.98. The Kier molecular flexibility index (Phi) is 8.48. The molecule has 9 heteroatoms. The van der Waals surface area contributed by atoms with Crippen LogP contribution in [0, 0.1) is 0 Å². The van der Waals surface area contributed by atoms with Gasteiger partial charge in [-0.15, -0.1) is 0 Å². The van der Waals surface area contributed by atoms with Gasteiger partial charge in [-0.1, -0.05) is 47.5 Å². The Morgan fingerprint density at radius 1 is 0.892 bits per heavy atom. The zero-order chi connectivity index (χ0) is 26.4. The zero-order valence-electron chi connectivity index (χ0n) is 20.1. The molecule has 0 spiro atoms. The Bertz CT molecular complexity index is 1340. The molecule has 190 valence electrons. The lowest BCUT2D eigenvalue weighted by atomic mass is 10.1. The van der Waals surface area contributed by atoms with E-state index in [0.29, 0.717) is 58.6 Å². The molecule has 3 aromatic rings. The van der Waals surface area contributed by atoms with Gasteiger partial charge in [-0.2, -0.15) is 0 Å². The number of anilines is 2. The molecule has 1 aliphatic rings. The number of ether oxygens (including phenoxy) is 1. The fourth-order valence-electron chi connectivity index (χ4n) is 4.05. The third-order valence-corrected chi connectivity index (χ3v) is 6.54. The van der Waals surface area contributed by atoms with Gasteiger partial charge in [0, 0.05) is 47.9 Å². The van der Waals surface area contributed by atoms with E-state index >= 15 is 0 Å². The molecule has 37 heavy (non-hydrogen) atoms. The lowest BCUT2D eigenvalue weighted by Gasteiger charge is -2.37. The number of nitrogens with one attached hydrogen (secondary N) is 1. The summed E-state index contributed by atoms with van der Waals surface area (Å²) in [6, 6.07) is 19.2. The maximum absolute atomic E-state index is 12.8. The van der Waals surface area contributed by atoms with Gasteiger partial charge in [-0.25, -0.2) is 4.79 Å². The van der Waals surface area contributed by atoms with E-state index in [1.54, 1.807) is 54.6 Å². The molecular weight excluding hydrogens is 513 g/mol. The molecule has 1 aliphatic heterocycles. The first-order chi connectivity index (χ1) is 17.9. The number of benzene rings is 3. The van der Waals surface area contributed by atoms with Crippen LogP contribution >= 0.6 is 23.2 Å². The summed E-state index contributed by atoms with van der Waals surface area (Å²) in [4.78, 5) is 41.6. The van der Waals surface area contributed by atoms with Crippen LogP contribution < -0.4 is 10.2 Å². The molecule has 0 bridgehead atoms. The van der Waals surface area contributed by atoms with Gasteiger partial charge in [0.1, 0.15) is 0 Å². The first-order valence-electron chi connectivity index (χ1n) is 11.6. The first kappa shape index (κ1) is 26.3. The maximum atomic E-state index is 12.8. The van der Waals surface area contributed by atoms with Crippen LogP contribution in [0.1, 0.15) is 26.3 Å². The molecule has 4 rings (SSSR count). The molecule has 7 nitrogen and oxygen atoms in total. The number of halogens is 2. The van der Waals surface area contributed by atoms with Crippen LogP contribution in [-0.2, 0) is 9.53 Å². The predicted octanol–water partition coefficient (Wildman–Crippen LogP) is 5.39. The van der Waals surface area contributed by atoms with E-state index in [1.165, 1.54) is 13.2 Å². The average molecular weight is 538 g/mol. The Hall–Kier alpha value is -3.81. The van der Waals surface area contributed by atoms with Gasteiger partial charge in [-0.05, 0) is 54.1 Å². The highest BCUT2D eigenvalue weighted by Crippen LogP contribution is 2.29. The standard InChI is InChI=1S/C28H25Cl2N3O4/c1-37-28(36)21-8-11-25(32-13-15-33(16-14-32)27(35)20-5-3-2-4-6-20)24(17-21)31-26(34)12-9-19-7-10-22(29)18-23(19)30/h2-12,17-18H,13-16H2,1H3,(H,31,34)/b12-9+. The number of hydrogen-bond acceptors (Lipinski definition) is 5. The van der Waals surface area contributed by atoms with E-state index in [2.05, 4.69) is 10.2 Å². The number of carbonyl (C=O) groups is 3. The summed E-state index contributed by atoms with van der Waals surface area (Å²) in [5.74, 6) is -0.920. The normalized spacial score (nSPS) is 13.5. The van der Waals surface area contributed by atoms with Crippen LogP contribution in [0.5, 0.6) is 0 Å². The van der Waals surface area contributed by atoms with Gasteiger partial charge in [0.2, 0.25) is 5.91 Å². The van der Waals surface area contributed by atoms with Crippen molar-refractivity contribution in [2.24, 2.45) is 0 Å². The van der Waals surface area contributed by atoms with Gasteiger partial charge in [-0.3, -0.25) is 9.59 Å². The number of methoxy groups -OCH3 is 1. The predicted molar refractivity (Wildman–Crippen MR) is 146 cm³/mol. The molecule has 1 fully saturated rings. The Morgan fingerprint density at radius 3 is 2.30 bits per heavy atom. The first-order valence-corrected chi connectivity index (χ1v) is 12.4. The van der Waals surface area contributed by atoms with Crippen molar-refractivity contribution in [3.63, 3.8) is 0 Å². The quantitative estimate of drug-likeness (QED) is 0.336. The third kappa shape index (κ3) is 6.50. The highest BCUT2D eigenvalue weighted by molar-refractivity contribution is 6.35. The van der Waals surface area contributed by atoms with Crippen molar-refractivity contribution in [2.45, 2.75) is 0 Å². The smallest absolute Gasteiger partial charge is 0.337 e. The number of hydrogen-bond donors (Lipinski definition) is 1. The molecule has 0 saturated carbocycles. The highest BCUT2D eigenvalue weighted by Gasteiger charge is 2.24. The van der Waals surface area contributed by atoms with E-state index < -0.39 is 11.9 Å². The second kappa shape index (κ2) is 12.0. The summed E-state index contributed by atoms with van der Waals surface area (Å²) in [7, 11) is 1.30. The summed E-state index contributed by atoms with van der Waals surface area (Å²) in [5.41, 5.74) is 2.81. The van der Waals surface area contributed by atoms with Gasteiger partial charge in [0.05, 0.1) is 24.0 Å². The number of carbonyl (C=O) groups excluding carboxylic acids is 3. The van der Waals surface area contributed by atoms with Gasteiger partial charge in [0.15, 0.2) is 0 Å². The lowest BCUT2D eigenvalue weighted by molar-refractivity contribution is -0.111. The molecule has 3 aromatic carbocycles. The second-order valence-corrected chi connectivity index (χ2v) is 9.20. The van der Waals surface area contributed by atoms with Crippen molar-refractivity contribution in [3.05, 3.63) is 99.5 Å². The molecule has 0 atom stereocenters. The molecule has 1 saturated heterocycles. The number of esters is 1. The molecular formula is C28H25Cl2N3O4. The van der Waals surface area contributed by atoms with E-state index in [-0.39, 0.29) is 5.91 Å². The van der Waals surface area contributed by atoms with E-state index in [1.807, 2.05) is 23.1 Å². The molecule has 1 N–H and O–H groups in total. The Balaban J connectivity index is 1.51. The fourth-order valence-corrected chi connectivity index (χ4v) is 4.52. The van der Waals surface area contributed by atoms with Crippen molar-refractivity contribution < 1.29 is 19.1 Å². The topological polar surface area (TPSA) is 79.0 Å². The van der Waals surface area contributed by atoms with Crippen LogP contribution in [0.2, 0.25) is 10.0 Å². The van der Waals surface area contributed by atoms with Crippen LogP contribution in [0.25, 0.3) is 6.08 Å². The second-order valence-electron chi connectivity index (χ2n) is 8.36. The van der Waals surface area contributed by atoms with Crippen LogP contribution in [0.4, 0.5) is 11.4 Å². The van der Waals surface area contributed by atoms with Gasteiger partial charge in [0.25, 0.3) is 5.91 Å². The molecule has 0 radical (unpaired) electrons. The van der Waals surface area contributed by atoms with E-state index in [4.69, 9.17) is 27.9 Å². The minimum atomic E-state index is -0.510. The monoisotopic (exact) mass is 537 g/mol. The summed E-state index contributed by atoms with van der Waals surface area (Å²) < 4.78 is 4.84. The zero-order valence-corrected chi connectivity index (χ0v) is 21.6. The highest BCUT2D eigenvalue weighted by atomic mass is 35.5. The lowest BCUT2D eigenvalue weighted by Crippen LogP contribution is -2.49. The fraction of sp³-hybridized carbons (Fsp3) is 0.179. The van der Waals surface area contributed by atoms with Crippen molar-refractivity contribution in [1.82, 2.24) is 4.90 Å². The Labute approximate surface area is 225 Å². The van der Waals surface area contributed by atoms with Crippen LogP contribution in [-0.4, -0.2) is 56.0 Å². The van der Waals surface area contributed by atoms with Crippen LogP contribution in [0.15, 0.2) is 72.8 Å². The van der Waals surface area contributed by atoms with Crippen molar-refractivity contribution in [2.75, 3.05) is 43.5 Å². The summed E-state index contributed by atoms with van der Waals surface area (Å²) >= 11 is 12.1. The van der Waals surface area contributed by atoms with Crippen LogP contribution in [0.3, 0.4) is 0 Å². The van der Waals surface area contributed by atoms with Gasteiger partial charge < -0.3 is 19.9 Å². The van der Waals surface area contributed by atoms with Crippen molar-refractivity contribution in [3.8, 4) is 0 Å².